The molecule has 12 heavy (non-hydrogen) atoms. The first-order chi connectivity index (χ1) is 5.74. The Morgan fingerprint density at radius 2 is 2.33 bits per heavy atom. The van der Waals surface area contributed by atoms with Crippen LogP contribution >= 0.6 is 0 Å². The third-order valence-corrected chi connectivity index (χ3v) is 1.71. The van der Waals surface area contributed by atoms with Crippen LogP contribution in [0.3, 0.4) is 0 Å². The highest BCUT2D eigenvalue weighted by atomic mass is 15.3. The Morgan fingerprint density at radius 3 is 2.92 bits per heavy atom. The van der Waals surface area contributed by atoms with Crippen LogP contribution in [0.5, 0.6) is 0 Å². The lowest BCUT2D eigenvalue weighted by molar-refractivity contribution is 0.643. The molecule has 0 atom stereocenters. The summed E-state index contributed by atoms with van der Waals surface area (Å²) in [6, 6.07) is 2.01. The maximum atomic E-state index is 4.17. The summed E-state index contributed by atoms with van der Waals surface area (Å²) in [4.78, 5) is 0. The molecule has 0 aromatic carbocycles. The smallest absolute Gasteiger partial charge is 0.124 e. The molecule has 0 saturated carbocycles. The van der Waals surface area contributed by atoms with Crippen LogP contribution in [0.2, 0.25) is 0 Å². The SMILES string of the molecule is CCn1nccc1NCC(C)C. The molecule has 0 radical (unpaired) electrons. The number of nitrogens with zero attached hydrogens (tertiary/aromatic N) is 2. The van der Waals surface area contributed by atoms with Crippen LogP contribution in [-0.2, 0) is 6.54 Å². The lowest BCUT2D eigenvalue weighted by Crippen LogP contribution is -2.12. The van der Waals surface area contributed by atoms with E-state index in [9.17, 15) is 0 Å². The Kier molecular flexibility index (Phi) is 3.14. The number of rotatable bonds is 4. The van der Waals surface area contributed by atoms with Crippen LogP contribution in [0.1, 0.15) is 20.8 Å². The van der Waals surface area contributed by atoms with Gasteiger partial charge in [0.25, 0.3) is 0 Å². The minimum atomic E-state index is 0.671. The standard InChI is InChI=1S/C9H17N3/c1-4-12-9(5-6-11-12)10-7-8(2)3/h5-6,8,10H,4,7H2,1-3H3. The van der Waals surface area contributed by atoms with Crippen molar-refractivity contribution in [1.29, 1.82) is 0 Å². The van der Waals surface area contributed by atoms with Gasteiger partial charge in [-0.05, 0) is 12.8 Å². The second-order valence-corrected chi connectivity index (χ2v) is 3.31. The topological polar surface area (TPSA) is 29.9 Å². The summed E-state index contributed by atoms with van der Waals surface area (Å²) in [6.45, 7) is 8.41. The number of anilines is 1. The van der Waals surface area contributed by atoms with Crippen molar-refractivity contribution < 1.29 is 0 Å². The molecule has 1 aromatic heterocycles. The molecular weight excluding hydrogens is 150 g/mol. The molecule has 0 saturated heterocycles. The predicted octanol–water partition coefficient (Wildman–Crippen LogP) is 1.97. The summed E-state index contributed by atoms with van der Waals surface area (Å²) in [5.74, 6) is 1.79. The highest BCUT2D eigenvalue weighted by Crippen LogP contribution is 2.06. The van der Waals surface area contributed by atoms with Crippen molar-refractivity contribution in [1.82, 2.24) is 9.78 Å². The summed E-state index contributed by atoms with van der Waals surface area (Å²) < 4.78 is 1.96. The number of hydrogen-bond donors (Lipinski definition) is 1. The van der Waals surface area contributed by atoms with Gasteiger partial charge < -0.3 is 5.32 Å². The highest BCUT2D eigenvalue weighted by Gasteiger charge is 1.99. The van der Waals surface area contributed by atoms with Crippen molar-refractivity contribution in [3.05, 3.63) is 12.3 Å². The van der Waals surface area contributed by atoms with E-state index in [1.54, 1.807) is 0 Å². The van der Waals surface area contributed by atoms with Crippen molar-refractivity contribution in [3.63, 3.8) is 0 Å². The molecule has 68 valence electrons. The fraction of sp³-hybridized carbons (Fsp3) is 0.667. The van der Waals surface area contributed by atoms with E-state index in [-0.39, 0.29) is 0 Å². The van der Waals surface area contributed by atoms with E-state index in [0.717, 1.165) is 18.9 Å². The monoisotopic (exact) mass is 167 g/mol. The Labute approximate surface area is 73.8 Å². The predicted molar refractivity (Wildman–Crippen MR) is 51.2 cm³/mol. The van der Waals surface area contributed by atoms with E-state index >= 15 is 0 Å². The lowest BCUT2D eigenvalue weighted by atomic mass is 10.2. The van der Waals surface area contributed by atoms with Crippen LogP contribution in [0.25, 0.3) is 0 Å². The average Bonchev–Trinajstić information content (AvgIpc) is 2.47. The fourth-order valence-corrected chi connectivity index (χ4v) is 1.04. The molecule has 0 spiro atoms. The van der Waals surface area contributed by atoms with Crippen molar-refractivity contribution in [2.75, 3.05) is 11.9 Å². The van der Waals surface area contributed by atoms with E-state index in [1.807, 2.05) is 16.9 Å². The average molecular weight is 167 g/mol. The molecule has 1 heterocycles. The van der Waals surface area contributed by atoms with Gasteiger partial charge in [0.15, 0.2) is 0 Å². The van der Waals surface area contributed by atoms with Crippen LogP contribution in [-0.4, -0.2) is 16.3 Å². The van der Waals surface area contributed by atoms with E-state index < -0.39 is 0 Å². The van der Waals surface area contributed by atoms with Crippen molar-refractivity contribution in [2.45, 2.75) is 27.3 Å². The molecule has 0 aliphatic carbocycles. The Hall–Kier alpha value is -0.990. The summed E-state index contributed by atoms with van der Waals surface area (Å²) in [5.41, 5.74) is 0. The normalized spacial score (nSPS) is 10.7. The van der Waals surface area contributed by atoms with E-state index in [2.05, 4.69) is 31.2 Å². The molecule has 1 rings (SSSR count). The van der Waals surface area contributed by atoms with Gasteiger partial charge in [-0.15, -0.1) is 0 Å². The van der Waals surface area contributed by atoms with Crippen molar-refractivity contribution in [2.24, 2.45) is 5.92 Å². The van der Waals surface area contributed by atoms with Crippen LogP contribution in [0.4, 0.5) is 5.82 Å². The van der Waals surface area contributed by atoms with Gasteiger partial charge in [-0.2, -0.15) is 5.10 Å². The minimum Gasteiger partial charge on any atom is -0.370 e. The number of hydrogen-bond acceptors (Lipinski definition) is 2. The van der Waals surface area contributed by atoms with Gasteiger partial charge in [0.05, 0.1) is 6.20 Å². The summed E-state index contributed by atoms with van der Waals surface area (Å²) in [6.07, 6.45) is 1.83. The van der Waals surface area contributed by atoms with Gasteiger partial charge >= 0.3 is 0 Å². The second-order valence-electron chi connectivity index (χ2n) is 3.31. The second kappa shape index (κ2) is 4.14. The highest BCUT2D eigenvalue weighted by molar-refractivity contribution is 5.33. The Bertz CT molecular complexity index is 227. The molecule has 3 nitrogen and oxygen atoms in total. The van der Waals surface area contributed by atoms with Gasteiger partial charge in [-0.1, -0.05) is 13.8 Å². The molecule has 0 bridgehead atoms. The first-order valence-corrected chi connectivity index (χ1v) is 4.49. The summed E-state index contributed by atoms with van der Waals surface area (Å²) in [7, 11) is 0. The quantitative estimate of drug-likeness (QED) is 0.743. The van der Waals surface area contributed by atoms with Crippen molar-refractivity contribution in [3.8, 4) is 0 Å². The van der Waals surface area contributed by atoms with Crippen LogP contribution in [0, 0.1) is 5.92 Å². The first-order valence-electron chi connectivity index (χ1n) is 4.49. The van der Waals surface area contributed by atoms with Gasteiger partial charge in [0.2, 0.25) is 0 Å². The Balaban J connectivity index is 2.50. The summed E-state index contributed by atoms with van der Waals surface area (Å²) in [5, 5.41) is 7.51. The van der Waals surface area contributed by atoms with E-state index in [4.69, 9.17) is 0 Å². The van der Waals surface area contributed by atoms with Gasteiger partial charge in [-0.3, -0.25) is 4.68 Å². The summed E-state index contributed by atoms with van der Waals surface area (Å²) >= 11 is 0. The van der Waals surface area contributed by atoms with Crippen LogP contribution in [0.15, 0.2) is 12.3 Å². The molecule has 0 aliphatic heterocycles. The molecule has 0 amide bonds. The molecular formula is C9H17N3. The zero-order valence-electron chi connectivity index (χ0n) is 8.04. The van der Waals surface area contributed by atoms with E-state index in [1.165, 1.54) is 0 Å². The number of nitrogens with one attached hydrogen (secondary N) is 1. The zero-order valence-corrected chi connectivity index (χ0v) is 8.04. The third kappa shape index (κ3) is 2.26. The fourth-order valence-electron chi connectivity index (χ4n) is 1.04. The molecule has 0 fully saturated rings. The number of aromatic nitrogens is 2. The lowest BCUT2D eigenvalue weighted by Gasteiger charge is -2.09. The zero-order chi connectivity index (χ0) is 8.97. The Morgan fingerprint density at radius 1 is 1.58 bits per heavy atom. The third-order valence-electron chi connectivity index (χ3n) is 1.71. The van der Waals surface area contributed by atoms with Crippen LogP contribution < -0.4 is 5.32 Å². The molecule has 0 aliphatic rings. The minimum absolute atomic E-state index is 0.671. The first kappa shape index (κ1) is 9.10. The molecule has 1 aromatic rings. The molecule has 3 heteroatoms. The maximum absolute atomic E-state index is 4.17. The van der Waals surface area contributed by atoms with Gasteiger partial charge in [-0.25, -0.2) is 0 Å². The van der Waals surface area contributed by atoms with E-state index in [0.29, 0.717) is 5.92 Å². The largest absolute Gasteiger partial charge is 0.370 e. The van der Waals surface area contributed by atoms with Gasteiger partial charge in [0.1, 0.15) is 5.82 Å². The maximum Gasteiger partial charge on any atom is 0.124 e. The van der Waals surface area contributed by atoms with Gasteiger partial charge in [0, 0.05) is 19.2 Å². The van der Waals surface area contributed by atoms with Crippen molar-refractivity contribution >= 4 is 5.82 Å². The number of aryl methyl sites for hydroxylation is 1. The molecule has 0 unspecified atom stereocenters. The molecule has 1 N–H and O–H groups in total.